The Bertz CT molecular complexity index is 3680. The Morgan fingerprint density at radius 1 is 0.380 bits per heavy atom. The van der Waals surface area contributed by atoms with E-state index in [4.69, 9.17) is 4.98 Å². The number of fused-ring (bicyclic) bond motifs is 9. The van der Waals surface area contributed by atoms with E-state index in [1.165, 1.54) is 111 Å². The van der Waals surface area contributed by atoms with Crippen LogP contribution in [0.3, 0.4) is 0 Å². The lowest BCUT2D eigenvalue weighted by molar-refractivity contribution is 0.198. The summed E-state index contributed by atoms with van der Waals surface area (Å²) in [6.45, 7) is 5.20. The third kappa shape index (κ3) is 5.52. The van der Waals surface area contributed by atoms with Crippen LogP contribution in [-0.4, -0.2) is 28.5 Å². The number of benzene rings is 9. The van der Waals surface area contributed by atoms with E-state index in [0.717, 1.165) is 12.4 Å². The van der Waals surface area contributed by atoms with E-state index in [1.54, 1.807) is 0 Å². The van der Waals surface area contributed by atoms with Crippen molar-refractivity contribution in [3.63, 3.8) is 0 Å². The van der Waals surface area contributed by atoms with Crippen LogP contribution in [-0.2, 0) is 16.4 Å². The summed E-state index contributed by atoms with van der Waals surface area (Å²) in [5.74, 6) is 0. The van der Waals surface area contributed by atoms with Crippen molar-refractivity contribution in [1.29, 1.82) is 0 Å². The predicted octanol–water partition coefficient (Wildman–Crippen LogP) is 15.0. The summed E-state index contributed by atoms with van der Waals surface area (Å²) in [6.07, 6.45) is 6.54. The van der Waals surface area contributed by atoms with Crippen molar-refractivity contribution in [3.8, 4) is 44.5 Å². The van der Waals surface area contributed by atoms with Gasteiger partial charge in [0.05, 0.1) is 23.2 Å². The van der Waals surface area contributed by atoms with Crippen molar-refractivity contribution >= 4 is 0 Å². The molecule has 4 aliphatic rings. The Labute approximate surface area is 416 Å². The van der Waals surface area contributed by atoms with E-state index in [2.05, 4.69) is 268 Å². The molecule has 0 N–H and O–H groups in total. The number of rotatable bonds is 7. The largest absolute Gasteiger partial charge is 0.362 e. The summed E-state index contributed by atoms with van der Waals surface area (Å²) in [5, 5.41) is 0. The fraction of sp³-hybridized carbons (Fsp3) is 0.103. The molecule has 14 rings (SSSR count). The molecule has 1 aliphatic heterocycles. The molecule has 2 heterocycles. The Morgan fingerprint density at radius 3 is 1.25 bits per heavy atom. The molecule has 0 saturated heterocycles. The van der Waals surface area contributed by atoms with Crippen LogP contribution < -0.4 is 0 Å². The maximum absolute atomic E-state index is 5.46. The summed E-state index contributed by atoms with van der Waals surface area (Å²) >= 11 is 0. The first kappa shape index (κ1) is 41.4. The molecule has 9 aromatic carbocycles. The van der Waals surface area contributed by atoms with Gasteiger partial charge in [-0.25, -0.2) is 0 Å². The van der Waals surface area contributed by atoms with Crippen LogP contribution in [0.15, 0.2) is 243 Å². The topological polar surface area (TPSA) is 19.4 Å². The van der Waals surface area contributed by atoms with Gasteiger partial charge in [-0.2, -0.15) is 0 Å². The summed E-state index contributed by atoms with van der Waals surface area (Å²) in [4.78, 5) is 10.3. The van der Waals surface area contributed by atoms with Gasteiger partial charge in [0, 0.05) is 25.6 Å². The summed E-state index contributed by atoms with van der Waals surface area (Å²) in [6, 6.07) is 84.9. The molecule has 3 nitrogen and oxygen atoms in total. The number of hydrogen-bond acceptors (Lipinski definition) is 3. The number of nitrogens with zero attached hydrogens (tertiary/aromatic N) is 3. The van der Waals surface area contributed by atoms with Gasteiger partial charge in [0.1, 0.15) is 5.54 Å². The number of hydrogen-bond donors (Lipinski definition) is 0. The zero-order valence-corrected chi connectivity index (χ0v) is 40.1. The second-order valence-corrected chi connectivity index (χ2v) is 20.0. The predicted molar refractivity (Wildman–Crippen MR) is 289 cm³/mol. The SMILES string of the molecule is Cc1cccc(C)c1-c1ccnc(C2(c3cccc(C4(c5cccc(C6(N7C=CN(C)C7)c7ccccc7-c7ccccc76)c5)c5ccccc5-c5ccccc54)c3)c3ccccc3-c3ccccc32)c1. The van der Waals surface area contributed by atoms with Crippen LogP contribution in [0.4, 0.5) is 0 Å². The van der Waals surface area contributed by atoms with Gasteiger partial charge >= 0.3 is 0 Å². The van der Waals surface area contributed by atoms with Gasteiger partial charge in [-0.05, 0) is 137 Å². The number of aryl methyl sites for hydroxylation is 2. The molecular formula is C68H51N3. The highest BCUT2D eigenvalue weighted by Gasteiger charge is 2.53. The van der Waals surface area contributed by atoms with E-state index in [0.29, 0.717) is 0 Å². The standard InChI is InChI=1S/C68H51N3/c1-45-19-16-20-46(2)65(45)47-37-38-69-64(41-47)67(60-33-12-6-27-54(60)55-28-7-13-34-61(55)67)50-23-17-21-48(42-50)66(58-31-10-4-25-52(58)53-26-5-11-32-59(53)66)49-22-18-24-51(43-49)68(71-40-39-70(3)44-71)62-35-14-8-29-56(62)57-30-9-15-36-63(57)68/h4-43H,44H2,1-3H3. The molecule has 1 aromatic heterocycles. The Kier molecular flexibility index (Phi) is 9.04. The smallest absolute Gasteiger partial charge is 0.118 e. The second kappa shape index (κ2) is 15.5. The zero-order chi connectivity index (χ0) is 47.5. The van der Waals surface area contributed by atoms with E-state index in [9.17, 15) is 0 Å². The molecule has 3 heteroatoms. The first-order valence-electron chi connectivity index (χ1n) is 24.9. The fourth-order valence-corrected chi connectivity index (χ4v) is 13.8. The number of pyridine rings is 1. The average Bonchev–Trinajstić information content (AvgIpc) is 4.17. The molecule has 71 heavy (non-hydrogen) atoms. The van der Waals surface area contributed by atoms with E-state index >= 15 is 0 Å². The van der Waals surface area contributed by atoms with Crippen molar-refractivity contribution in [1.82, 2.24) is 14.8 Å². The minimum Gasteiger partial charge on any atom is -0.362 e. The minimum atomic E-state index is -0.730. The van der Waals surface area contributed by atoms with Crippen LogP contribution in [0.2, 0.25) is 0 Å². The highest BCUT2D eigenvalue weighted by atomic mass is 15.4. The first-order chi connectivity index (χ1) is 34.9. The Balaban J connectivity index is 1.07. The van der Waals surface area contributed by atoms with Gasteiger partial charge in [-0.15, -0.1) is 0 Å². The van der Waals surface area contributed by atoms with Crippen LogP contribution in [0.25, 0.3) is 44.5 Å². The van der Waals surface area contributed by atoms with Gasteiger partial charge in [-0.1, -0.05) is 212 Å². The van der Waals surface area contributed by atoms with Crippen molar-refractivity contribution < 1.29 is 0 Å². The summed E-state index contributed by atoms with van der Waals surface area (Å²) in [7, 11) is 2.17. The van der Waals surface area contributed by atoms with Crippen molar-refractivity contribution in [2.75, 3.05) is 13.7 Å². The fourth-order valence-electron chi connectivity index (χ4n) is 13.8. The highest BCUT2D eigenvalue weighted by Crippen LogP contribution is 2.61. The molecule has 0 unspecified atom stereocenters. The second-order valence-electron chi connectivity index (χ2n) is 20.0. The normalized spacial score (nSPS) is 15.7. The molecule has 338 valence electrons. The van der Waals surface area contributed by atoms with Gasteiger partial charge in [0.25, 0.3) is 0 Å². The van der Waals surface area contributed by atoms with Crippen LogP contribution in [0.5, 0.6) is 0 Å². The Hall–Kier alpha value is -8.53. The van der Waals surface area contributed by atoms with Gasteiger partial charge in [-0.3, -0.25) is 4.98 Å². The third-order valence-electron chi connectivity index (χ3n) is 16.5. The lowest BCUT2D eigenvalue weighted by Gasteiger charge is -2.43. The van der Waals surface area contributed by atoms with Gasteiger partial charge in [0.15, 0.2) is 0 Å². The molecule has 0 bridgehead atoms. The maximum Gasteiger partial charge on any atom is 0.118 e. The van der Waals surface area contributed by atoms with Crippen molar-refractivity contribution in [3.05, 3.63) is 316 Å². The molecule has 0 spiro atoms. The molecule has 3 aliphatic carbocycles. The molecular weight excluding hydrogens is 859 g/mol. The van der Waals surface area contributed by atoms with E-state index < -0.39 is 16.4 Å². The van der Waals surface area contributed by atoms with Crippen molar-refractivity contribution in [2.45, 2.75) is 30.2 Å². The van der Waals surface area contributed by atoms with Crippen LogP contribution in [0.1, 0.15) is 72.5 Å². The lowest BCUT2D eigenvalue weighted by Crippen LogP contribution is -2.45. The molecule has 10 aromatic rings. The van der Waals surface area contributed by atoms with Crippen LogP contribution >= 0.6 is 0 Å². The zero-order valence-electron chi connectivity index (χ0n) is 40.1. The maximum atomic E-state index is 5.46. The summed E-state index contributed by atoms with van der Waals surface area (Å²) < 4.78 is 0. The van der Waals surface area contributed by atoms with Crippen LogP contribution in [0, 0.1) is 13.8 Å². The minimum absolute atomic E-state index is 0.585. The first-order valence-corrected chi connectivity index (χ1v) is 24.9. The summed E-state index contributed by atoms with van der Waals surface area (Å²) in [5.41, 5.74) is 24.1. The lowest BCUT2D eigenvalue weighted by atomic mass is 9.64. The molecule has 0 radical (unpaired) electrons. The van der Waals surface area contributed by atoms with Gasteiger partial charge in [0.2, 0.25) is 0 Å². The number of aromatic nitrogens is 1. The Morgan fingerprint density at radius 2 is 0.775 bits per heavy atom. The van der Waals surface area contributed by atoms with E-state index in [-0.39, 0.29) is 0 Å². The van der Waals surface area contributed by atoms with Crippen molar-refractivity contribution in [2.24, 2.45) is 0 Å². The quantitative estimate of drug-likeness (QED) is 0.159. The molecule has 0 atom stereocenters. The highest BCUT2D eigenvalue weighted by molar-refractivity contribution is 5.90. The monoisotopic (exact) mass is 909 g/mol. The van der Waals surface area contributed by atoms with E-state index in [1.807, 2.05) is 6.20 Å². The third-order valence-corrected chi connectivity index (χ3v) is 16.5. The molecule has 0 saturated carbocycles. The molecule has 0 fully saturated rings. The molecule has 0 amide bonds. The van der Waals surface area contributed by atoms with Gasteiger partial charge < -0.3 is 9.80 Å². The average molecular weight is 910 g/mol.